The molecule has 5 heteroatoms. The molecule has 104 valence electrons. The number of hydrogen-bond acceptors (Lipinski definition) is 5. The zero-order valence-corrected chi connectivity index (χ0v) is 12.4. The lowest BCUT2D eigenvalue weighted by Crippen LogP contribution is -2.35. The number of thiazole rings is 1. The summed E-state index contributed by atoms with van der Waals surface area (Å²) in [6.07, 6.45) is 5.09. The molecule has 0 aromatic carbocycles. The molecule has 0 saturated carbocycles. The number of aromatic nitrogens is 1. The predicted octanol–water partition coefficient (Wildman–Crippen LogP) is 2.11. The second kappa shape index (κ2) is 8.58. The van der Waals surface area contributed by atoms with Crippen LogP contribution in [0, 0.1) is 0 Å². The number of nitrogens with one attached hydrogen (secondary N) is 1. The molecule has 0 aliphatic rings. The van der Waals surface area contributed by atoms with Gasteiger partial charge in [-0.3, -0.25) is 0 Å². The number of nitrogens with two attached hydrogens (primary N) is 1. The fourth-order valence-corrected chi connectivity index (χ4v) is 2.76. The van der Waals surface area contributed by atoms with Crippen molar-refractivity contribution in [3.05, 3.63) is 16.1 Å². The number of aryl methyl sites for hydroxylation is 1. The number of methoxy groups -OCH3 is 1. The Kier molecular flexibility index (Phi) is 7.42. The van der Waals surface area contributed by atoms with Crippen LogP contribution in [-0.4, -0.2) is 31.3 Å². The van der Waals surface area contributed by atoms with Gasteiger partial charge in [-0.1, -0.05) is 6.92 Å². The van der Waals surface area contributed by atoms with Crippen LogP contribution in [0.25, 0.3) is 0 Å². The third-order valence-electron chi connectivity index (χ3n) is 2.90. The molecule has 0 saturated heterocycles. The first-order chi connectivity index (χ1) is 8.71. The van der Waals surface area contributed by atoms with Crippen LogP contribution in [-0.2, 0) is 11.2 Å². The fourth-order valence-electron chi connectivity index (χ4n) is 1.89. The van der Waals surface area contributed by atoms with E-state index in [2.05, 4.69) is 24.1 Å². The monoisotopic (exact) mass is 271 g/mol. The van der Waals surface area contributed by atoms with Crippen molar-refractivity contribution >= 4 is 11.3 Å². The van der Waals surface area contributed by atoms with Crippen LogP contribution in [0.15, 0.2) is 6.20 Å². The topological polar surface area (TPSA) is 60.2 Å². The Labute approximate surface area is 114 Å². The summed E-state index contributed by atoms with van der Waals surface area (Å²) >= 11 is 1.79. The smallest absolute Gasteiger partial charge is 0.109 e. The number of rotatable bonds is 9. The van der Waals surface area contributed by atoms with Crippen LogP contribution < -0.4 is 11.1 Å². The van der Waals surface area contributed by atoms with Gasteiger partial charge >= 0.3 is 0 Å². The van der Waals surface area contributed by atoms with Gasteiger partial charge in [0.2, 0.25) is 0 Å². The van der Waals surface area contributed by atoms with E-state index >= 15 is 0 Å². The molecule has 0 bridgehead atoms. The minimum Gasteiger partial charge on any atom is -0.383 e. The molecular weight excluding hydrogens is 246 g/mol. The van der Waals surface area contributed by atoms with Gasteiger partial charge in [0.15, 0.2) is 0 Å². The Hall–Kier alpha value is -0.490. The number of hydrogen-bond donors (Lipinski definition) is 2. The molecule has 0 spiro atoms. The molecule has 18 heavy (non-hydrogen) atoms. The van der Waals surface area contributed by atoms with E-state index in [1.54, 1.807) is 18.4 Å². The van der Waals surface area contributed by atoms with Gasteiger partial charge in [0.25, 0.3) is 0 Å². The molecule has 2 atom stereocenters. The van der Waals surface area contributed by atoms with Crippen LogP contribution in [0.2, 0.25) is 0 Å². The van der Waals surface area contributed by atoms with Crippen LogP contribution >= 0.6 is 11.3 Å². The van der Waals surface area contributed by atoms with E-state index in [4.69, 9.17) is 10.5 Å². The van der Waals surface area contributed by atoms with Crippen molar-refractivity contribution in [2.45, 2.75) is 45.2 Å². The van der Waals surface area contributed by atoms with E-state index in [1.165, 1.54) is 4.88 Å². The first-order valence-electron chi connectivity index (χ1n) is 6.60. The quantitative estimate of drug-likeness (QED) is 0.722. The third-order valence-corrected chi connectivity index (χ3v) is 4.22. The van der Waals surface area contributed by atoms with Crippen molar-refractivity contribution in [2.75, 3.05) is 20.3 Å². The lowest BCUT2D eigenvalue weighted by molar-refractivity contribution is 0.156. The van der Waals surface area contributed by atoms with Crippen LogP contribution in [0.4, 0.5) is 0 Å². The van der Waals surface area contributed by atoms with Gasteiger partial charge in [-0.25, -0.2) is 4.98 Å². The fraction of sp³-hybridized carbons (Fsp3) is 0.769. The summed E-state index contributed by atoms with van der Waals surface area (Å²) < 4.78 is 5.24. The van der Waals surface area contributed by atoms with Crippen molar-refractivity contribution in [1.29, 1.82) is 0 Å². The van der Waals surface area contributed by atoms with Gasteiger partial charge in [-0.15, -0.1) is 11.3 Å². The molecule has 0 fully saturated rings. The Morgan fingerprint density at radius 3 is 2.89 bits per heavy atom. The summed E-state index contributed by atoms with van der Waals surface area (Å²) in [6, 6.07) is 0.621. The SMILES string of the molecule is CCc1cnc(C(C)NC(CCCN)COC)s1. The van der Waals surface area contributed by atoms with Gasteiger partial charge in [0, 0.05) is 24.2 Å². The maximum Gasteiger partial charge on any atom is 0.109 e. The molecule has 0 amide bonds. The first kappa shape index (κ1) is 15.6. The van der Waals surface area contributed by atoms with Crippen molar-refractivity contribution in [2.24, 2.45) is 5.73 Å². The second-order valence-corrected chi connectivity index (χ2v) is 5.64. The zero-order valence-electron chi connectivity index (χ0n) is 11.6. The number of nitrogens with zero attached hydrogens (tertiary/aromatic N) is 1. The highest BCUT2D eigenvalue weighted by Gasteiger charge is 2.15. The van der Waals surface area contributed by atoms with Crippen LogP contribution in [0.1, 0.15) is 42.6 Å². The molecule has 0 aliphatic carbocycles. The highest BCUT2D eigenvalue weighted by Crippen LogP contribution is 2.21. The highest BCUT2D eigenvalue weighted by atomic mass is 32.1. The van der Waals surface area contributed by atoms with E-state index in [9.17, 15) is 0 Å². The molecule has 0 radical (unpaired) electrons. The summed E-state index contributed by atoms with van der Waals surface area (Å²) in [5.74, 6) is 0. The summed E-state index contributed by atoms with van der Waals surface area (Å²) in [6.45, 7) is 5.76. The average molecular weight is 271 g/mol. The normalized spacial score (nSPS) is 14.7. The van der Waals surface area contributed by atoms with Gasteiger partial charge in [-0.2, -0.15) is 0 Å². The first-order valence-corrected chi connectivity index (χ1v) is 7.42. The molecule has 0 aliphatic heterocycles. The molecule has 1 heterocycles. The lowest BCUT2D eigenvalue weighted by atomic mass is 10.1. The van der Waals surface area contributed by atoms with Crippen molar-refractivity contribution in [1.82, 2.24) is 10.3 Å². The standard InChI is InChI=1S/C13H25N3OS/c1-4-12-8-15-13(18-12)10(2)16-11(9-17-3)6-5-7-14/h8,10-11,16H,4-7,9,14H2,1-3H3. The molecule has 1 aromatic heterocycles. The number of ether oxygens (including phenoxy) is 1. The summed E-state index contributed by atoms with van der Waals surface area (Å²) in [4.78, 5) is 5.81. The molecule has 1 aromatic rings. The lowest BCUT2D eigenvalue weighted by Gasteiger charge is -2.21. The van der Waals surface area contributed by atoms with Crippen molar-refractivity contribution in [3.63, 3.8) is 0 Å². The minimum absolute atomic E-state index is 0.272. The zero-order chi connectivity index (χ0) is 13.4. The summed E-state index contributed by atoms with van der Waals surface area (Å²) in [5.41, 5.74) is 5.56. The predicted molar refractivity (Wildman–Crippen MR) is 77.0 cm³/mol. The highest BCUT2D eigenvalue weighted by molar-refractivity contribution is 7.11. The molecule has 3 N–H and O–H groups in total. The third kappa shape index (κ3) is 5.02. The van der Waals surface area contributed by atoms with Crippen molar-refractivity contribution in [3.8, 4) is 0 Å². The Balaban J connectivity index is 2.50. The van der Waals surface area contributed by atoms with E-state index in [0.717, 1.165) is 37.4 Å². The molecule has 1 rings (SSSR count). The van der Waals surface area contributed by atoms with Gasteiger partial charge in [0.1, 0.15) is 5.01 Å². The molecule has 2 unspecified atom stereocenters. The Morgan fingerprint density at radius 1 is 1.56 bits per heavy atom. The van der Waals surface area contributed by atoms with Crippen LogP contribution in [0.3, 0.4) is 0 Å². The van der Waals surface area contributed by atoms with E-state index in [0.29, 0.717) is 6.04 Å². The van der Waals surface area contributed by atoms with E-state index in [-0.39, 0.29) is 6.04 Å². The average Bonchev–Trinajstić information content (AvgIpc) is 2.85. The minimum atomic E-state index is 0.272. The van der Waals surface area contributed by atoms with Gasteiger partial charge in [0.05, 0.1) is 12.6 Å². The van der Waals surface area contributed by atoms with E-state index in [1.807, 2.05) is 6.20 Å². The largest absolute Gasteiger partial charge is 0.383 e. The van der Waals surface area contributed by atoms with Gasteiger partial charge < -0.3 is 15.8 Å². The maximum absolute atomic E-state index is 5.56. The molecule has 4 nitrogen and oxygen atoms in total. The van der Waals surface area contributed by atoms with Gasteiger partial charge in [-0.05, 0) is 32.7 Å². The maximum atomic E-state index is 5.56. The van der Waals surface area contributed by atoms with Crippen molar-refractivity contribution < 1.29 is 4.74 Å². The van der Waals surface area contributed by atoms with E-state index < -0.39 is 0 Å². The summed E-state index contributed by atoms with van der Waals surface area (Å²) in [7, 11) is 1.74. The second-order valence-electron chi connectivity index (χ2n) is 4.49. The summed E-state index contributed by atoms with van der Waals surface area (Å²) in [5, 5.41) is 4.73. The molecular formula is C13H25N3OS. The van der Waals surface area contributed by atoms with Crippen LogP contribution in [0.5, 0.6) is 0 Å². The Morgan fingerprint density at radius 2 is 2.33 bits per heavy atom. The Bertz CT molecular complexity index is 330.